The molecular formula is C16H21NO5. The Labute approximate surface area is 129 Å². The predicted octanol–water partition coefficient (Wildman–Crippen LogP) is 1.20. The molecule has 2 rings (SSSR count). The number of carbonyl (C=O) groups is 2. The van der Waals surface area contributed by atoms with Crippen LogP contribution in [0.2, 0.25) is 0 Å². The maximum Gasteiger partial charge on any atom is 0.335 e. The summed E-state index contributed by atoms with van der Waals surface area (Å²) in [4.78, 5) is 25.2. The molecule has 1 saturated heterocycles. The quantitative estimate of drug-likeness (QED) is 0.853. The van der Waals surface area contributed by atoms with E-state index < -0.39 is 17.7 Å². The maximum atomic E-state index is 12.6. The highest BCUT2D eigenvalue weighted by molar-refractivity contribution is 5.83. The molecule has 22 heavy (non-hydrogen) atoms. The third-order valence-electron chi connectivity index (χ3n) is 3.96. The van der Waals surface area contributed by atoms with Gasteiger partial charge in [0.05, 0.1) is 0 Å². The normalized spacial score (nSPS) is 18.7. The Hall–Kier alpha value is -1.92. The Morgan fingerprint density at radius 1 is 1.27 bits per heavy atom. The first kappa shape index (κ1) is 16.5. The molecule has 0 aromatic heterocycles. The minimum atomic E-state index is -1.73. The van der Waals surface area contributed by atoms with E-state index in [0.29, 0.717) is 6.61 Å². The van der Waals surface area contributed by atoms with Crippen LogP contribution in [0, 0.1) is 0 Å². The number of carboxylic acids is 1. The van der Waals surface area contributed by atoms with Gasteiger partial charge in [0.2, 0.25) is 0 Å². The van der Waals surface area contributed by atoms with Gasteiger partial charge in [-0.15, -0.1) is 0 Å². The number of aliphatic carboxylic acids is 1. The molecule has 1 unspecified atom stereocenters. The number of rotatable bonds is 5. The Kier molecular flexibility index (Phi) is 5.15. The summed E-state index contributed by atoms with van der Waals surface area (Å²) in [5, 5.41) is 19.0. The zero-order chi connectivity index (χ0) is 16.2. The van der Waals surface area contributed by atoms with Crippen LogP contribution in [0.1, 0.15) is 31.4 Å². The molecule has 0 aliphatic carbocycles. The van der Waals surface area contributed by atoms with Crippen molar-refractivity contribution >= 4 is 11.9 Å². The average molecular weight is 307 g/mol. The Bertz CT molecular complexity index is 523. The third kappa shape index (κ3) is 3.45. The highest BCUT2D eigenvalue weighted by Gasteiger charge is 2.41. The lowest BCUT2D eigenvalue weighted by molar-refractivity contribution is -0.167. The molecule has 6 nitrogen and oxygen atoms in total. The largest absolute Gasteiger partial charge is 0.479 e. The molecule has 0 spiro atoms. The number of hydrogen-bond acceptors (Lipinski definition) is 4. The molecule has 1 amide bonds. The van der Waals surface area contributed by atoms with Gasteiger partial charge in [0.25, 0.3) is 5.91 Å². The van der Waals surface area contributed by atoms with Crippen LogP contribution < -0.4 is 0 Å². The molecule has 0 radical (unpaired) electrons. The molecule has 0 saturated carbocycles. The fourth-order valence-corrected chi connectivity index (χ4v) is 2.58. The van der Waals surface area contributed by atoms with E-state index in [1.54, 1.807) is 4.90 Å². The van der Waals surface area contributed by atoms with E-state index >= 15 is 0 Å². The lowest BCUT2D eigenvalue weighted by atomic mass is 9.91. The van der Waals surface area contributed by atoms with Crippen LogP contribution in [0.15, 0.2) is 30.3 Å². The van der Waals surface area contributed by atoms with Crippen LogP contribution in [-0.4, -0.2) is 52.3 Å². The number of benzene rings is 1. The number of carboxylic acid groups (broad SMARTS) is 1. The summed E-state index contributed by atoms with van der Waals surface area (Å²) >= 11 is 0. The molecule has 1 aliphatic rings. The van der Waals surface area contributed by atoms with Crippen LogP contribution >= 0.6 is 0 Å². The van der Waals surface area contributed by atoms with Gasteiger partial charge in [-0.05, 0) is 12.5 Å². The summed E-state index contributed by atoms with van der Waals surface area (Å²) in [6.07, 6.45) is -0.633. The van der Waals surface area contributed by atoms with Crippen molar-refractivity contribution in [3.8, 4) is 0 Å². The minimum Gasteiger partial charge on any atom is -0.479 e. The molecule has 1 atom stereocenters. The highest BCUT2D eigenvalue weighted by atomic mass is 16.5. The van der Waals surface area contributed by atoms with Crippen molar-refractivity contribution in [2.45, 2.75) is 31.5 Å². The molecule has 120 valence electrons. The molecular weight excluding hydrogens is 286 g/mol. The molecule has 1 aliphatic heterocycles. The van der Waals surface area contributed by atoms with E-state index in [0.717, 1.165) is 5.56 Å². The fourth-order valence-electron chi connectivity index (χ4n) is 2.58. The number of likely N-dealkylation sites (tertiary alicyclic amines) is 1. The Morgan fingerprint density at radius 2 is 1.86 bits per heavy atom. The summed E-state index contributed by atoms with van der Waals surface area (Å²) in [6, 6.07) is 9.21. The van der Waals surface area contributed by atoms with E-state index in [-0.39, 0.29) is 31.8 Å². The topological polar surface area (TPSA) is 87.1 Å². The minimum absolute atomic E-state index is 0.0295. The lowest BCUT2D eigenvalue weighted by Gasteiger charge is -2.36. The maximum absolute atomic E-state index is 12.6. The first-order valence-electron chi connectivity index (χ1n) is 7.39. The van der Waals surface area contributed by atoms with Gasteiger partial charge in [-0.2, -0.15) is 0 Å². The van der Waals surface area contributed by atoms with E-state index in [4.69, 9.17) is 9.84 Å². The SMILES string of the molecule is CCOC(C(=O)N1CCC(O)(C(=O)O)CC1)c1ccccc1. The van der Waals surface area contributed by atoms with Crippen molar-refractivity contribution < 1.29 is 24.5 Å². The summed E-state index contributed by atoms with van der Waals surface area (Å²) in [6.45, 7) is 2.64. The number of aliphatic hydroxyl groups is 1. The number of amides is 1. The van der Waals surface area contributed by atoms with Gasteiger partial charge in [-0.25, -0.2) is 4.79 Å². The lowest BCUT2D eigenvalue weighted by Crippen LogP contribution is -2.51. The molecule has 0 bridgehead atoms. The van der Waals surface area contributed by atoms with Crippen molar-refractivity contribution in [1.29, 1.82) is 0 Å². The number of hydrogen-bond donors (Lipinski definition) is 2. The second-order valence-corrected chi connectivity index (χ2v) is 5.41. The van der Waals surface area contributed by atoms with Crippen molar-refractivity contribution in [3.05, 3.63) is 35.9 Å². The standard InChI is InChI=1S/C16H21NO5/c1-2-22-13(12-6-4-3-5-7-12)14(18)17-10-8-16(21,9-11-17)15(19)20/h3-7,13,21H,2,8-11H2,1H3,(H,19,20). The summed E-state index contributed by atoms with van der Waals surface area (Å²) < 4.78 is 5.57. The Balaban J connectivity index is 2.08. The van der Waals surface area contributed by atoms with E-state index in [1.165, 1.54) is 0 Å². The average Bonchev–Trinajstić information content (AvgIpc) is 2.53. The van der Waals surface area contributed by atoms with Crippen LogP contribution in [0.3, 0.4) is 0 Å². The zero-order valence-electron chi connectivity index (χ0n) is 12.6. The smallest absolute Gasteiger partial charge is 0.335 e. The van der Waals surface area contributed by atoms with Crippen LogP contribution in [0.5, 0.6) is 0 Å². The molecule has 1 heterocycles. The zero-order valence-corrected chi connectivity index (χ0v) is 12.6. The summed E-state index contributed by atoms with van der Waals surface area (Å²) in [5.41, 5.74) is -0.960. The number of nitrogens with zero attached hydrogens (tertiary/aromatic N) is 1. The Morgan fingerprint density at radius 3 is 2.36 bits per heavy atom. The molecule has 6 heteroatoms. The van der Waals surface area contributed by atoms with Crippen molar-refractivity contribution in [1.82, 2.24) is 4.90 Å². The van der Waals surface area contributed by atoms with Crippen molar-refractivity contribution in [3.63, 3.8) is 0 Å². The van der Waals surface area contributed by atoms with Gasteiger partial charge in [-0.1, -0.05) is 30.3 Å². The third-order valence-corrected chi connectivity index (χ3v) is 3.96. The first-order valence-corrected chi connectivity index (χ1v) is 7.39. The summed E-state index contributed by atoms with van der Waals surface area (Å²) in [7, 11) is 0. The summed E-state index contributed by atoms with van der Waals surface area (Å²) in [5.74, 6) is -1.43. The van der Waals surface area contributed by atoms with Gasteiger partial charge in [0.1, 0.15) is 0 Å². The number of carbonyl (C=O) groups excluding carboxylic acids is 1. The van der Waals surface area contributed by atoms with Crippen molar-refractivity contribution in [2.24, 2.45) is 0 Å². The molecule has 1 aromatic rings. The van der Waals surface area contributed by atoms with E-state index in [9.17, 15) is 14.7 Å². The monoisotopic (exact) mass is 307 g/mol. The second kappa shape index (κ2) is 6.89. The van der Waals surface area contributed by atoms with Gasteiger partial charge in [0, 0.05) is 32.5 Å². The van der Waals surface area contributed by atoms with Crippen molar-refractivity contribution in [2.75, 3.05) is 19.7 Å². The first-order chi connectivity index (χ1) is 10.5. The second-order valence-electron chi connectivity index (χ2n) is 5.41. The molecule has 2 N–H and O–H groups in total. The molecule has 1 fully saturated rings. The van der Waals surface area contributed by atoms with Gasteiger partial charge < -0.3 is 19.8 Å². The van der Waals surface area contributed by atoms with E-state index in [1.807, 2.05) is 37.3 Å². The predicted molar refractivity (Wildman–Crippen MR) is 79.2 cm³/mol. The van der Waals surface area contributed by atoms with E-state index in [2.05, 4.69) is 0 Å². The van der Waals surface area contributed by atoms with Gasteiger partial charge in [-0.3, -0.25) is 4.79 Å². The highest BCUT2D eigenvalue weighted by Crippen LogP contribution is 2.26. The molecule has 1 aromatic carbocycles. The van der Waals surface area contributed by atoms with Gasteiger partial charge >= 0.3 is 5.97 Å². The van der Waals surface area contributed by atoms with Gasteiger partial charge in [0.15, 0.2) is 11.7 Å². The van der Waals surface area contributed by atoms with Crippen LogP contribution in [0.4, 0.5) is 0 Å². The number of ether oxygens (including phenoxy) is 1. The van der Waals surface area contributed by atoms with Crippen LogP contribution in [0.25, 0.3) is 0 Å². The number of piperidine rings is 1. The van der Waals surface area contributed by atoms with Crippen LogP contribution in [-0.2, 0) is 14.3 Å². The fraction of sp³-hybridized carbons (Fsp3) is 0.500.